The van der Waals surface area contributed by atoms with E-state index >= 15 is 0 Å². The third-order valence-corrected chi connectivity index (χ3v) is 4.32. The minimum absolute atomic E-state index is 0.148. The maximum atomic E-state index is 12.0. The fourth-order valence-electron chi connectivity index (χ4n) is 1.88. The predicted molar refractivity (Wildman–Crippen MR) is 100 cm³/mol. The lowest BCUT2D eigenvalue weighted by molar-refractivity contribution is -0.115. The molecule has 8 heteroatoms. The Morgan fingerprint density at radius 2 is 1.84 bits per heavy atom. The van der Waals surface area contributed by atoms with Gasteiger partial charge in [0.25, 0.3) is 0 Å². The Bertz CT molecular complexity index is 725. The van der Waals surface area contributed by atoms with Crippen LogP contribution in [0.1, 0.15) is 0 Å². The summed E-state index contributed by atoms with van der Waals surface area (Å²) < 4.78 is 5.49. The third kappa shape index (κ3) is 6.94. The molecule has 0 saturated carbocycles. The maximum absolute atomic E-state index is 12.0. The number of thioether (sulfide) groups is 1. The maximum Gasteiger partial charge on any atom is 0.319 e. The first-order valence-electron chi connectivity index (χ1n) is 7.48. The number of anilines is 1. The summed E-state index contributed by atoms with van der Waals surface area (Å²) in [6.45, 7) is 0.665. The number of ether oxygens (including phenoxy) is 1. The molecule has 0 bridgehead atoms. The average Bonchev–Trinajstić information content (AvgIpc) is 2.59. The summed E-state index contributed by atoms with van der Waals surface area (Å²) in [6, 6.07) is 13.8. The minimum Gasteiger partial charge on any atom is -0.492 e. The van der Waals surface area contributed by atoms with Crippen molar-refractivity contribution in [2.75, 3.05) is 24.2 Å². The molecule has 2 aromatic rings. The van der Waals surface area contributed by atoms with Gasteiger partial charge < -0.3 is 21.1 Å². The van der Waals surface area contributed by atoms with Crippen molar-refractivity contribution in [1.82, 2.24) is 5.32 Å². The van der Waals surface area contributed by atoms with Gasteiger partial charge in [0.05, 0.1) is 18.0 Å². The number of para-hydroxylation sites is 1. The second-order valence-corrected chi connectivity index (χ2v) is 6.39. The normalized spacial score (nSPS) is 10.1. The number of nitrogens with one attached hydrogen (secondary N) is 2. The quantitative estimate of drug-likeness (QED) is 0.485. The molecular formula is C17H18ClN3O3S. The fourth-order valence-corrected chi connectivity index (χ4v) is 2.75. The molecule has 4 N–H and O–H groups in total. The summed E-state index contributed by atoms with van der Waals surface area (Å²) in [5, 5.41) is 6.08. The van der Waals surface area contributed by atoms with Crippen LogP contribution in [0.5, 0.6) is 5.75 Å². The predicted octanol–water partition coefficient (Wildman–Crippen LogP) is 3.12. The van der Waals surface area contributed by atoms with Gasteiger partial charge in [0, 0.05) is 9.92 Å². The van der Waals surface area contributed by atoms with Gasteiger partial charge in [0.2, 0.25) is 5.91 Å². The molecule has 0 atom stereocenters. The molecule has 0 heterocycles. The van der Waals surface area contributed by atoms with Crippen LogP contribution in [0.3, 0.4) is 0 Å². The van der Waals surface area contributed by atoms with E-state index in [1.165, 1.54) is 11.8 Å². The van der Waals surface area contributed by atoms with Gasteiger partial charge >= 0.3 is 6.03 Å². The van der Waals surface area contributed by atoms with E-state index < -0.39 is 5.91 Å². The van der Waals surface area contributed by atoms with Crippen molar-refractivity contribution >= 4 is 41.0 Å². The lowest BCUT2D eigenvalue weighted by Crippen LogP contribution is -2.32. The molecule has 0 aromatic heterocycles. The molecule has 0 fully saturated rings. The molecule has 0 saturated heterocycles. The van der Waals surface area contributed by atoms with Gasteiger partial charge in [-0.25, -0.2) is 4.79 Å². The van der Waals surface area contributed by atoms with Gasteiger partial charge in [-0.2, -0.15) is 0 Å². The highest BCUT2D eigenvalue weighted by Gasteiger charge is 2.07. The number of hydrogen-bond donors (Lipinski definition) is 3. The molecule has 0 aliphatic carbocycles. The van der Waals surface area contributed by atoms with Crippen molar-refractivity contribution in [3.63, 3.8) is 0 Å². The Morgan fingerprint density at radius 3 is 2.56 bits per heavy atom. The second kappa shape index (κ2) is 9.80. The van der Waals surface area contributed by atoms with E-state index in [-0.39, 0.29) is 11.8 Å². The lowest BCUT2D eigenvalue weighted by Gasteiger charge is -2.11. The molecule has 25 heavy (non-hydrogen) atoms. The number of carbonyl (C=O) groups is 2. The first kappa shape index (κ1) is 19.0. The summed E-state index contributed by atoms with van der Waals surface area (Å²) in [6.07, 6.45) is 0. The lowest BCUT2D eigenvalue weighted by atomic mass is 10.3. The Kier molecular flexibility index (Phi) is 7.43. The number of rotatable bonds is 8. The number of amides is 3. The topological polar surface area (TPSA) is 93.5 Å². The molecule has 0 aliphatic rings. The molecule has 0 aliphatic heterocycles. The van der Waals surface area contributed by atoms with E-state index in [0.717, 1.165) is 4.90 Å². The highest BCUT2D eigenvalue weighted by molar-refractivity contribution is 8.00. The third-order valence-electron chi connectivity index (χ3n) is 2.98. The standard InChI is InChI=1S/C17H18ClN3O3S/c18-12-5-7-13(8-6-12)24-10-9-20-17(23)21-14-3-1-2-4-15(14)25-11-16(19)22/h1-8H,9-11H2,(H2,19,22)(H2,20,21,23). The van der Waals surface area contributed by atoms with Crippen LogP contribution in [-0.2, 0) is 4.79 Å². The summed E-state index contributed by atoms with van der Waals surface area (Å²) in [5.41, 5.74) is 5.76. The van der Waals surface area contributed by atoms with Crippen LogP contribution >= 0.6 is 23.4 Å². The summed E-state index contributed by atoms with van der Waals surface area (Å²) >= 11 is 7.07. The van der Waals surface area contributed by atoms with Crippen molar-refractivity contribution in [1.29, 1.82) is 0 Å². The van der Waals surface area contributed by atoms with E-state index in [2.05, 4.69) is 10.6 Å². The van der Waals surface area contributed by atoms with E-state index in [1.54, 1.807) is 36.4 Å². The van der Waals surface area contributed by atoms with Gasteiger partial charge in [0.15, 0.2) is 0 Å². The smallest absolute Gasteiger partial charge is 0.319 e. The number of carbonyl (C=O) groups excluding carboxylic acids is 2. The summed E-state index contributed by atoms with van der Waals surface area (Å²) in [4.78, 5) is 23.6. The van der Waals surface area contributed by atoms with Crippen molar-refractivity contribution in [3.05, 3.63) is 53.6 Å². The molecular weight excluding hydrogens is 362 g/mol. The van der Waals surface area contributed by atoms with Crippen LogP contribution in [0.4, 0.5) is 10.5 Å². The largest absolute Gasteiger partial charge is 0.492 e. The number of benzene rings is 2. The van der Waals surface area contributed by atoms with Crippen LogP contribution in [-0.4, -0.2) is 30.8 Å². The van der Waals surface area contributed by atoms with Crippen LogP contribution in [0, 0.1) is 0 Å². The Balaban J connectivity index is 1.76. The van der Waals surface area contributed by atoms with Crippen LogP contribution < -0.4 is 21.1 Å². The molecule has 0 spiro atoms. The molecule has 132 valence electrons. The zero-order valence-corrected chi connectivity index (χ0v) is 14.9. The van der Waals surface area contributed by atoms with E-state index in [0.29, 0.717) is 29.6 Å². The Hall–Kier alpha value is -2.38. The first-order valence-corrected chi connectivity index (χ1v) is 8.84. The highest BCUT2D eigenvalue weighted by atomic mass is 35.5. The van der Waals surface area contributed by atoms with Crippen molar-refractivity contribution < 1.29 is 14.3 Å². The number of halogens is 1. The average molecular weight is 380 g/mol. The van der Waals surface area contributed by atoms with Gasteiger partial charge in [0.1, 0.15) is 12.4 Å². The minimum atomic E-state index is -0.413. The highest BCUT2D eigenvalue weighted by Crippen LogP contribution is 2.26. The zero-order chi connectivity index (χ0) is 18.1. The molecule has 3 amide bonds. The van der Waals surface area contributed by atoms with Gasteiger partial charge in [-0.15, -0.1) is 11.8 Å². The van der Waals surface area contributed by atoms with Crippen molar-refractivity contribution in [2.45, 2.75) is 4.90 Å². The molecule has 2 aromatic carbocycles. The molecule has 6 nitrogen and oxygen atoms in total. The van der Waals surface area contributed by atoms with Gasteiger partial charge in [-0.3, -0.25) is 4.79 Å². The monoisotopic (exact) mass is 379 g/mol. The second-order valence-electron chi connectivity index (χ2n) is 4.93. The van der Waals surface area contributed by atoms with Gasteiger partial charge in [-0.1, -0.05) is 23.7 Å². The SMILES string of the molecule is NC(=O)CSc1ccccc1NC(=O)NCCOc1ccc(Cl)cc1. The number of nitrogens with two attached hydrogens (primary N) is 1. The summed E-state index contributed by atoms with van der Waals surface area (Å²) in [5.74, 6) is 0.415. The van der Waals surface area contributed by atoms with Crippen LogP contribution in [0.15, 0.2) is 53.4 Å². The molecule has 0 radical (unpaired) electrons. The number of hydrogen-bond acceptors (Lipinski definition) is 4. The van der Waals surface area contributed by atoms with Crippen molar-refractivity contribution in [3.8, 4) is 5.75 Å². The van der Waals surface area contributed by atoms with E-state index in [9.17, 15) is 9.59 Å². The number of primary amides is 1. The van der Waals surface area contributed by atoms with Gasteiger partial charge in [-0.05, 0) is 36.4 Å². The first-order chi connectivity index (χ1) is 12.0. The number of urea groups is 1. The van der Waals surface area contributed by atoms with Crippen LogP contribution in [0.2, 0.25) is 5.02 Å². The fraction of sp³-hybridized carbons (Fsp3) is 0.176. The summed E-state index contributed by atoms with van der Waals surface area (Å²) in [7, 11) is 0. The van der Waals surface area contributed by atoms with Crippen LogP contribution in [0.25, 0.3) is 0 Å². The molecule has 2 rings (SSSR count). The Labute approximate surface area is 155 Å². The van der Waals surface area contributed by atoms with E-state index in [4.69, 9.17) is 22.1 Å². The van der Waals surface area contributed by atoms with E-state index in [1.807, 2.05) is 12.1 Å². The Morgan fingerprint density at radius 1 is 1.12 bits per heavy atom. The zero-order valence-electron chi connectivity index (χ0n) is 13.3. The molecule has 0 unspecified atom stereocenters. The van der Waals surface area contributed by atoms with Crippen molar-refractivity contribution in [2.24, 2.45) is 5.73 Å².